The summed E-state index contributed by atoms with van der Waals surface area (Å²) in [6, 6.07) is 9.08. The van der Waals surface area contributed by atoms with Crippen LogP contribution in [0, 0.1) is 19.8 Å². The number of amides is 2. The molecule has 1 atom stereocenters. The predicted octanol–water partition coefficient (Wildman–Crippen LogP) is 3.28. The highest BCUT2D eigenvalue weighted by atomic mass is 16.5. The molecule has 1 saturated heterocycles. The first-order chi connectivity index (χ1) is 12.5. The summed E-state index contributed by atoms with van der Waals surface area (Å²) in [6.45, 7) is 4.74. The first kappa shape index (κ1) is 18.0. The molecule has 1 aliphatic rings. The molecule has 1 aromatic heterocycles. The summed E-state index contributed by atoms with van der Waals surface area (Å²) in [4.78, 5) is 26.5. The summed E-state index contributed by atoms with van der Waals surface area (Å²) in [5.41, 5.74) is 2.26. The molecule has 1 aromatic carbocycles. The molecule has 1 fully saturated rings. The highest BCUT2D eigenvalue weighted by Crippen LogP contribution is 2.21. The number of ether oxygens (including phenoxy) is 1. The summed E-state index contributed by atoms with van der Waals surface area (Å²) in [5.74, 6) is 0.0516. The molecule has 1 N–H and O–H groups in total. The lowest BCUT2D eigenvalue weighted by atomic mass is 9.98. The molecular formula is C19H23N3O4. The van der Waals surface area contributed by atoms with Crippen molar-refractivity contribution in [3.63, 3.8) is 0 Å². The van der Waals surface area contributed by atoms with E-state index in [1.165, 1.54) is 0 Å². The zero-order valence-corrected chi connectivity index (χ0v) is 15.0. The van der Waals surface area contributed by atoms with Crippen molar-refractivity contribution in [1.82, 2.24) is 10.1 Å². The third kappa shape index (κ3) is 4.22. The first-order valence-electron chi connectivity index (χ1n) is 8.74. The van der Waals surface area contributed by atoms with Crippen LogP contribution in [0.3, 0.4) is 0 Å². The maximum atomic E-state index is 12.4. The summed E-state index contributed by atoms with van der Waals surface area (Å²) in [6.07, 6.45) is 1.49. The molecule has 26 heavy (non-hydrogen) atoms. The van der Waals surface area contributed by atoms with Crippen LogP contribution in [0.5, 0.6) is 0 Å². The van der Waals surface area contributed by atoms with Gasteiger partial charge in [-0.05, 0) is 38.8 Å². The molecule has 3 rings (SSSR count). The van der Waals surface area contributed by atoms with Crippen LogP contribution in [0.2, 0.25) is 0 Å². The number of aryl methyl sites for hydroxylation is 2. The number of carbonyl (C=O) groups is 2. The average Bonchev–Trinajstić information content (AvgIpc) is 2.98. The molecule has 138 valence electrons. The number of anilines is 1. The Morgan fingerprint density at radius 3 is 2.77 bits per heavy atom. The minimum atomic E-state index is -0.314. The number of carbonyl (C=O) groups excluding carboxylic acids is 2. The Morgan fingerprint density at radius 1 is 1.31 bits per heavy atom. The van der Waals surface area contributed by atoms with E-state index in [9.17, 15) is 9.59 Å². The molecule has 7 heteroatoms. The molecular weight excluding hydrogens is 334 g/mol. The van der Waals surface area contributed by atoms with E-state index in [2.05, 4.69) is 10.5 Å². The second-order valence-corrected chi connectivity index (χ2v) is 6.49. The third-order valence-corrected chi connectivity index (χ3v) is 4.61. The smallest absolute Gasteiger partial charge is 0.321 e. The lowest BCUT2D eigenvalue weighted by Gasteiger charge is -2.31. The molecule has 0 unspecified atom stereocenters. The molecule has 2 aromatic rings. The van der Waals surface area contributed by atoms with E-state index in [0.29, 0.717) is 18.8 Å². The van der Waals surface area contributed by atoms with Gasteiger partial charge in [0.15, 0.2) is 0 Å². The van der Waals surface area contributed by atoms with E-state index in [-0.39, 0.29) is 24.5 Å². The Bertz CT molecular complexity index is 753. The minimum Gasteiger partial charge on any atom is -0.460 e. The number of para-hydroxylation sites is 1. The molecule has 0 bridgehead atoms. The largest absolute Gasteiger partial charge is 0.460 e. The highest BCUT2D eigenvalue weighted by Gasteiger charge is 2.30. The number of urea groups is 1. The second-order valence-electron chi connectivity index (χ2n) is 6.49. The molecule has 2 amide bonds. The van der Waals surface area contributed by atoms with Crippen molar-refractivity contribution < 1.29 is 18.8 Å². The van der Waals surface area contributed by atoms with E-state index in [1.54, 1.807) is 11.8 Å². The van der Waals surface area contributed by atoms with Crippen LogP contribution in [-0.2, 0) is 16.1 Å². The van der Waals surface area contributed by atoms with Crippen molar-refractivity contribution in [1.29, 1.82) is 0 Å². The normalized spacial score (nSPS) is 17.0. The van der Waals surface area contributed by atoms with Crippen molar-refractivity contribution in [2.75, 3.05) is 18.4 Å². The number of esters is 1. The molecule has 0 aliphatic carbocycles. The zero-order valence-electron chi connectivity index (χ0n) is 15.0. The van der Waals surface area contributed by atoms with Crippen molar-refractivity contribution >= 4 is 17.7 Å². The van der Waals surface area contributed by atoms with Gasteiger partial charge in [0.05, 0.1) is 17.2 Å². The van der Waals surface area contributed by atoms with Gasteiger partial charge in [-0.1, -0.05) is 23.4 Å². The van der Waals surface area contributed by atoms with Crippen molar-refractivity contribution in [3.8, 4) is 0 Å². The fourth-order valence-electron chi connectivity index (χ4n) is 3.05. The van der Waals surface area contributed by atoms with E-state index >= 15 is 0 Å². The van der Waals surface area contributed by atoms with Crippen LogP contribution in [0.4, 0.5) is 10.5 Å². The maximum Gasteiger partial charge on any atom is 0.321 e. The van der Waals surface area contributed by atoms with Gasteiger partial charge in [0.2, 0.25) is 0 Å². The van der Waals surface area contributed by atoms with Gasteiger partial charge in [0.1, 0.15) is 12.4 Å². The molecule has 0 radical (unpaired) electrons. The van der Waals surface area contributed by atoms with E-state index < -0.39 is 0 Å². The number of aromatic nitrogens is 1. The Labute approximate surface area is 152 Å². The maximum absolute atomic E-state index is 12.4. The average molecular weight is 357 g/mol. The van der Waals surface area contributed by atoms with Gasteiger partial charge < -0.3 is 19.5 Å². The quantitative estimate of drug-likeness (QED) is 0.849. The minimum absolute atomic E-state index is 0.146. The van der Waals surface area contributed by atoms with Gasteiger partial charge in [-0.15, -0.1) is 0 Å². The number of likely N-dealkylation sites (tertiary alicyclic amines) is 1. The third-order valence-electron chi connectivity index (χ3n) is 4.61. The van der Waals surface area contributed by atoms with Crippen LogP contribution >= 0.6 is 0 Å². The van der Waals surface area contributed by atoms with Gasteiger partial charge >= 0.3 is 12.0 Å². The lowest BCUT2D eigenvalue weighted by molar-refractivity contribution is -0.151. The zero-order chi connectivity index (χ0) is 18.5. The second kappa shape index (κ2) is 8.03. The molecule has 1 aliphatic heterocycles. The number of hydrogen-bond donors (Lipinski definition) is 1. The Hall–Kier alpha value is -2.83. The summed E-state index contributed by atoms with van der Waals surface area (Å²) in [7, 11) is 0. The molecule has 0 spiro atoms. The molecule has 0 saturated carbocycles. The van der Waals surface area contributed by atoms with Crippen molar-refractivity contribution in [3.05, 3.63) is 47.3 Å². The van der Waals surface area contributed by atoms with Crippen LogP contribution in [-0.4, -0.2) is 35.1 Å². The van der Waals surface area contributed by atoms with Gasteiger partial charge in [-0.3, -0.25) is 4.79 Å². The van der Waals surface area contributed by atoms with Gasteiger partial charge in [-0.25, -0.2) is 4.79 Å². The fraction of sp³-hybridized carbons (Fsp3) is 0.421. The van der Waals surface area contributed by atoms with Crippen molar-refractivity contribution in [2.45, 2.75) is 33.3 Å². The highest BCUT2D eigenvalue weighted by molar-refractivity contribution is 5.89. The number of piperidine rings is 1. The standard InChI is InChI=1S/C19H23N3O4/c1-13-17(14(2)26-21-13)12-25-18(23)15-7-6-10-22(11-15)19(24)20-16-8-4-3-5-9-16/h3-5,8-9,15H,6-7,10-12H2,1-2H3,(H,20,24)/t15-/m1/s1. The fourth-order valence-corrected chi connectivity index (χ4v) is 3.05. The van der Waals surface area contributed by atoms with Crippen LogP contribution in [0.1, 0.15) is 29.9 Å². The number of hydrogen-bond acceptors (Lipinski definition) is 5. The number of benzene rings is 1. The van der Waals surface area contributed by atoms with Crippen molar-refractivity contribution in [2.24, 2.45) is 5.92 Å². The van der Waals surface area contributed by atoms with Gasteiger partial charge in [0.25, 0.3) is 0 Å². The Morgan fingerprint density at radius 2 is 2.08 bits per heavy atom. The summed E-state index contributed by atoms with van der Waals surface area (Å²) in [5, 5.41) is 6.71. The van der Waals surface area contributed by atoms with Crippen LogP contribution in [0.15, 0.2) is 34.9 Å². The Kier molecular flexibility index (Phi) is 5.55. The summed E-state index contributed by atoms with van der Waals surface area (Å²) >= 11 is 0. The van der Waals surface area contributed by atoms with Crippen LogP contribution < -0.4 is 5.32 Å². The van der Waals surface area contributed by atoms with E-state index in [0.717, 1.165) is 29.8 Å². The summed E-state index contributed by atoms with van der Waals surface area (Å²) < 4.78 is 10.5. The van der Waals surface area contributed by atoms with Gasteiger partial charge in [0, 0.05) is 18.8 Å². The van der Waals surface area contributed by atoms with Crippen LogP contribution in [0.25, 0.3) is 0 Å². The molecule has 2 heterocycles. The SMILES string of the molecule is Cc1noc(C)c1COC(=O)[C@@H]1CCCN(C(=O)Nc2ccccc2)C1. The van der Waals surface area contributed by atoms with E-state index in [1.807, 2.05) is 37.3 Å². The first-order valence-corrected chi connectivity index (χ1v) is 8.74. The number of nitrogens with one attached hydrogen (secondary N) is 1. The number of nitrogens with zero attached hydrogens (tertiary/aromatic N) is 2. The monoisotopic (exact) mass is 357 g/mol. The topological polar surface area (TPSA) is 84.7 Å². The molecule has 7 nitrogen and oxygen atoms in total. The van der Waals surface area contributed by atoms with Gasteiger partial charge in [-0.2, -0.15) is 0 Å². The lowest BCUT2D eigenvalue weighted by Crippen LogP contribution is -2.44. The predicted molar refractivity (Wildman–Crippen MR) is 95.5 cm³/mol. The van der Waals surface area contributed by atoms with E-state index in [4.69, 9.17) is 9.26 Å². The number of rotatable bonds is 4. The Balaban J connectivity index is 1.54.